The van der Waals surface area contributed by atoms with Gasteiger partial charge in [0.1, 0.15) is 11.6 Å². The van der Waals surface area contributed by atoms with Crippen molar-refractivity contribution in [3.05, 3.63) is 153 Å². The SMILES string of the molecule is C1CCOC1.CC(=O)Nc1cc(-c2cncc(C(=O)C3CC3)c2)ccn1.CC(=O)Nc1cc(B2OC(C)(C)C(C)(C)O2)ccn1.CON(C)C(=O)c1cncc(Br)c1.O=C(O)c1cncc(Br)c1.O=C(c1cncc(Br)c1)C1CC1.[Br-].[CH-]1CC1.[Mg+2]. The van der Waals surface area contributed by atoms with Crippen LogP contribution in [-0.4, -0.2) is 144 Å². The first-order valence-corrected chi connectivity index (χ1v) is 29.0. The first-order chi connectivity index (χ1) is 39.5. The van der Waals surface area contributed by atoms with Gasteiger partial charge in [0, 0.05) is 138 Å². The van der Waals surface area contributed by atoms with Crippen molar-refractivity contribution in [2.45, 2.75) is 104 Å². The summed E-state index contributed by atoms with van der Waals surface area (Å²) in [6, 6.07) is 14.0. The maximum atomic E-state index is 12.1. The van der Waals surface area contributed by atoms with E-state index in [0.717, 1.165) is 75.1 Å². The van der Waals surface area contributed by atoms with Gasteiger partial charge in [-0.05, 0) is 174 Å². The molecule has 3 saturated carbocycles. The Bertz CT molecular complexity index is 3150. The molecular weight excluding hydrogens is 1370 g/mol. The smallest absolute Gasteiger partial charge is 1.00 e. The Morgan fingerprint density at radius 3 is 1.47 bits per heavy atom. The van der Waals surface area contributed by atoms with Crippen LogP contribution in [0.1, 0.15) is 134 Å². The fourth-order valence-electron chi connectivity index (χ4n) is 6.95. The molecule has 0 radical (unpaired) electrons. The number of carbonyl (C=O) groups is 6. The molecule has 0 bridgehead atoms. The van der Waals surface area contributed by atoms with E-state index in [1.807, 2.05) is 52.0 Å². The van der Waals surface area contributed by atoms with Crippen molar-refractivity contribution < 1.29 is 69.7 Å². The number of carbonyl (C=O) groups excluding carboxylic acids is 5. The van der Waals surface area contributed by atoms with Crippen molar-refractivity contribution in [3.63, 3.8) is 0 Å². The zero-order chi connectivity index (χ0) is 60.7. The molecule has 5 fully saturated rings. The largest absolute Gasteiger partial charge is 2.00 e. The molecule has 8 heterocycles. The van der Waals surface area contributed by atoms with E-state index < -0.39 is 13.1 Å². The van der Waals surface area contributed by atoms with E-state index in [1.54, 1.807) is 68.6 Å². The van der Waals surface area contributed by atoms with Gasteiger partial charge in [-0.15, -0.1) is 0 Å². The summed E-state index contributed by atoms with van der Waals surface area (Å²) in [5, 5.41) is 14.9. The van der Waals surface area contributed by atoms with Crippen LogP contribution in [0.25, 0.3) is 11.1 Å². The molecule has 6 aromatic heterocycles. The van der Waals surface area contributed by atoms with E-state index in [1.165, 1.54) is 71.3 Å². The molecule has 2 aliphatic heterocycles. The Kier molecular flexibility index (Phi) is 32.0. The van der Waals surface area contributed by atoms with Crippen LogP contribution in [0, 0.1) is 18.3 Å². The number of hydrogen-bond acceptors (Lipinski definition) is 16. The minimum Gasteiger partial charge on any atom is -1.00 e. The summed E-state index contributed by atoms with van der Waals surface area (Å²) in [6.07, 6.45) is 27.4. The Hall–Kier alpha value is -5.29. The van der Waals surface area contributed by atoms with E-state index >= 15 is 0 Å². The molecule has 85 heavy (non-hydrogen) atoms. The summed E-state index contributed by atoms with van der Waals surface area (Å²) in [4.78, 5) is 96.0. The van der Waals surface area contributed by atoms with Crippen molar-refractivity contribution in [2.24, 2.45) is 11.8 Å². The van der Waals surface area contributed by atoms with Gasteiger partial charge in [-0.2, -0.15) is 0 Å². The maximum Gasteiger partial charge on any atom is 2.00 e. The molecule has 448 valence electrons. The third-order valence-corrected chi connectivity index (χ3v) is 13.8. The number of anilines is 2. The minimum atomic E-state index is -0.964. The minimum absolute atomic E-state index is 0. The maximum absolute atomic E-state index is 12.1. The standard InChI is InChI=1S/C16H15N3O2.C13H19BN2O3.C9H8BrNO.C8H9BrN2O2.C6H4BrNO2.C4H8O.C3H5.BrH.Mg/c1-10(20)19-15-7-12(4-5-18-15)13-6-14(9-17-8-13)16(21)11-2-3-11;1-9(17)16-11-8-10(6-7-15-11)14-18-12(2,3)13(4,5)19-14;10-8-3-7(4-11-5-8)9(12)6-1-2-6;1-11(13-2)8(12)6-3-7(9)5-10-4-6;7-5-1-4(6(9)10)2-8-3-5;1-2-4-5-3-1;1-2-3-1;;/h4-9,11H,2-3H2,1H3,(H,18,19,20);6-8H,1-5H3,(H,15,16,17);3-6H,1-2H2;3-5H,1-2H3;1-3H,(H,9,10);1-4H2;1H,2-3H2;1H;/q;;;;;;-1;;+2/p-1. The molecule has 2 saturated heterocycles. The number of amides is 3. The van der Waals surface area contributed by atoms with Crippen molar-refractivity contribution >= 4 is 130 Å². The number of pyridine rings is 6. The number of nitrogens with zero attached hydrogens (tertiary/aromatic N) is 7. The number of ketones is 2. The van der Waals surface area contributed by atoms with Crippen LogP contribution in [0.2, 0.25) is 0 Å². The molecule has 0 spiro atoms. The predicted molar refractivity (Wildman–Crippen MR) is 331 cm³/mol. The van der Waals surface area contributed by atoms with Gasteiger partial charge >= 0.3 is 36.1 Å². The van der Waals surface area contributed by atoms with E-state index in [2.05, 4.69) is 94.7 Å². The Morgan fingerprint density at radius 2 is 1.06 bits per heavy atom. The van der Waals surface area contributed by atoms with Gasteiger partial charge in [0.2, 0.25) is 11.8 Å². The number of aromatic nitrogens is 6. The van der Waals surface area contributed by atoms with Crippen LogP contribution in [0.3, 0.4) is 0 Å². The second-order valence-electron chi connectivity index (χ2n) is 20.2. The van der Waals surface area contributed by atoms with Crippen LogP contribution in [0.15, 0.2) is 124 Å². The number of aromatic carboxylic acids is 1. The van der Waals surface area contributed by atoms with Crippen LogP contribution in [0.5, 0.6) is 0 Å². The first-order valence-electron chi connectivity index (χ1n) is 26.6. The van der Waals surface area contributed by atoms with E-state index in [9.17, 15) is 28.8 Å². The molecule has 26 heteroatoms. The molecule has 3 N–H and O–H groups in total. The first kappa shape index (κ1) is 74.0. The summed E-state index contributed by atoms with van der Waals surface area (Å²) >= 11 is 9.62. The summed E-state index contributed by atoms with van der Waals surface area (Å²) < 4.78 is 19.1. The molecule has 20 nitrogen and oxygen atoms in total. The van der Waals surface area contributed by atoms with Crippen LogP contribution in [0.4, 0.5) is 11.6 Å². The number of Topliss-reactive ketones (excluding diaryl/α,β-unsaturated/α-hetero) is 2. The fourth-order valence-corrected chi connectivity index (χ4v) is 8.05. The summed E-state index contributed by atoms with van der Waals surface area (Å²) in [5.41, 5.74) is 3.84. The van der Waals surface area contributed by atoms with Crippen LogP contribution in [-0.2, 0) is 28.5 Å². The third kappa shape index (κ3) is 26.7. The summed E-state index contributed by atoms with van der Waals surface area (Å²) in [6.45, 7) is 12.9. The van der Waals surface area contributed by atoms with Gasteiger partial charge in [-0.3, -0.25) is 48.7 Å². The Morgan fingerprint density at radius 1 is 0.635 bits per heavy atom. The van der Waals surface area contributed by atoms with Crippen LogP contribution >= 0.6 is 47.8 Å². The zero-order valence-electron chi connectivity index (χ0n) is 48.7. The number of hydroxylamine groups is 2. The van der Waals surface area contributed by atoms with Gasteiger partial charge in [0.05, 0.1) is 29.4 Å². The average molecular weight is 1430 g/mol. The van der Waals surface area contributed by atoms with Crippen molar-refractivity contribution in [1.29, 1.82) is 0 Å². The van der Waals surface area contributed by atoms with E-state index in [0.29, 0.717) is 27.2 Å². The van der Waals surface area contributed by atoms with Crippen molar-refractivity contribution in [3.8, 4) is 11.1 Å². The third-order valence-electron chi connectivity index (χ3n) is 12.5. The molecule has 5 aliphatic rings. The predicted octanol–water partition coefficient (Wildman–Crippen LogP) is 7.89. The average Bonchev–Trinajstić information content (AvgIpc) is 2.95. The quantitative estimate of drug-likeness (QED) is 0.0482. The van der Waals surface area contributed by atoms with E-state index in [-0.39, 0.29) is 97.9 Å². The van der Waals surface area contributed by atoms with Crippen molar-refractivity contribution in [2.75, 3.05) is 38.0 Å². The molecular formula is C59H68BBr4MgN9O11. The molecule has 3 amide bonds. The molecule has 3 aliphatic carbocycles. The molecule has 0 aromatic carbocycles. The van der Waals surface area contributed by atoms with Gasteiger partial charge in [0.25, 0.3) is 5.91 Å². The number of carboxylic acid groups (broad SMARTS) is 1. The second kappa shape index (κ2) is 36.8. The normalized spacial score (nSPS) is 15.1. The van der Waals surface area contributed by atoms with Gasteiger partial charge in [-0.1, -0.05) is 0 Å². The molecule has 0 unspecified atom stereocenters. The number of carboxylic acids is 1. The van der Waals surface area contributed by atoms with Gasteiger partial charge in [0.15, 0.2) is 11.6 Å². The number of rotatable bonds is 11. The van der Waals surface area contributed by atoms with Crippen molar-refractivity contribution in [1.82, 2.24) is 35.0 Å². The zero-order valence-corrected chi connectivity index (χ0v) is 56.4. The summed E-state index contributed by atoms with van der Waals surface area (Å²) in [5.74, 6) is 0.331. The number of ether oxygens (including phenoxy) is 1. The van der Waals surface area contributed by atoms with Gasteiger partial charge < -0.3 is 53.2 Å². The van der Waals surface area contributed by atoms with Gasteiger partial charge in [-0.25, -0.2) is 32.7 Å². The number of nitrogens with one attached hydrogen (secondary N) is 2. The Balaban J connectivity index is 0.000000273. The monoisotopic (exact) mass is 1430 g/mol. The topological polar surface area (TPSA) is 264 Å². The summed E-state index contributed by atoms with van der Waals surface area (Å²) in [7, 11) is 2.53. The molecule has 6 aromatic rings. The molecule has 11 rings (SSSR count). The van der Waals surface area contributed by atoms with Crippen LogP contribution < -0.4 is 33.1 Å². The number of hydrogen-bond donors (Lipinski definition) is 3. The molecule has 0 atom stereocenters. The van der Waals surface area contributed by atoms with E-state index in [4.69, 9.17) is 24.0 Å². The Labute approximate surface area is 548 Å². The second-order valence-corrected chi connectivity index (χ2v) is 23.0. The number of halogens is 4. The fraction of sp³-hybridized carbons (Fsp3) is 0.373.